The number of rotatable bonds is 7. The van der Waals surface area contributed by atoms with Gasteiger partial charge in [0.1, 0.15) is 5.69 Å². The molecular weight excluding hydrogens is 338 g/mol. The summed E-state index contributed by atoms with van der Waals surface area (Å²) in [5.74, 6) is -3.85. The number of carboxylic acid groups (broad SMARTS) is 3. The van der Waals surface area contributed by atoms with Gasteiger partial charge >= 0.3 is 17.9 Å². The number of pyridine rings is 1. The second-order valence-electron chi connectivity index (χ2n) is 5.82. The minimum atomic E-state index is -0.995. The summed E-state index contributed by atoms with van der Waals surface area (Å²) in [5, 5.41) is 27.0. The van der Waals surface area contributed by atoms with Crippen LogP contribution in [0.4, 0.5) is 0 Å². The highest BCUT2D eigenvalue weighted by Gasteiger charge is 2.24. The summed E-state index contributed by atoms with van der Waals surface area (Å²) in [7, 11) is 0. The smallest absolute Gasteiger partial charge is 0.354 e. The van der Waals surface area contributed by atoms with Gasteiger partial charge in [0.05, 0.1) is 17.4 Å². The van der Waals surface area contributed by atoms with E-state index in [4.69, 9.17) is 15.3 Å². The van der Waals surface area contributed by atoms with E-state index >= 15 is 0 Å². The molecule has 2 rings (SSSR count). The summed E-state index contributed by atoms with van der Waals surface area (Å²) < 4.78 is 0. The molecule has 0 amide bonds. The number of benzene rings is 1. The second-order valence-corrected chi connectivity index (χ2v) is 5.82. The highest BCUT2D eigenvalue weighted by molar-refractivity contribution is 5.89. The lowest BCUT2D eigenvalue weighted by Gasteiger charge is -2.14. The highest BCUT2D eigenvalue weighted by Crippen LogP contribution is 2.19. The molecular formula is C19H23NO6. The highest BCUT2D eigenvalue weighted by atomic mass is 16.4. The zero-order valence-corrected chi connectivity index (χ0v) is 14.8. The molecule has 0 bridgehead atoms. The first-order valence-electron chi connectivity index (χ1n) is 8.34. The lowest BCUT2D eigenvalue weighted by molar-refractivity contribution is -0.145. The molecule has 0 aliphatic heterocycles. The van der Waals surface area contributed by atoms with Crippen LogP contribution in [0.3, 0.4) is 0 Å². The normalized spacial score (nSPS) is 12.5. The van der Waals surface area contributed by atoms with Crippen molar-refractivity contribution in [2.75, 3.05) is 0 Å². The number of carbonyl (C=O) groups is 3. The van der Waals surface area contributed by atoms with Crippen LogP contribution in [-0.2, 0) is 9.59 Å². The minimum absolute atomic E-state index is 0.0821. The van der Waals surface area contributed by atoms with Crippen molar-refractivity contribution in [1.29, 1.82) is 0 Å². The maximum absolute atomic E-state index is 10.6. The van der Waals surface area contributed by atoms with Gasteiger partial charge in [0.25, 0.3) is 0 Å². The number of para-hydroxylation sites is 1. The van der Waals surface area contributed by atoms with Crippen molar-refractivity contribution in [3.05, 3.63) is 42.1 Å². The van der Waals surface area contributed by atoms with E-state index in [1.165, 1.54) is 6.07 Å². The zero-order chi connectivity index (χ0) is 19.7. The molecule has 2 atom stereocenters. The molecule has 7 heteroatoms. The van der Waals surface area contributed by atoms with Crippen LogP contribution in [0.1, 0.15) is 43.6 Å². The molecule has 0 saturated heterocycles. The number of aromatic nitrogens is 1. The monoisotopic (exact) mass is 361 g/mol. The molecule has 2 unspecified atom stereocenters. The summed E-state index contributed by atoms with van der Waals surface area (Å²) in [6, 6.07) is 10.7. The quantitative estimate of drug-likeness (QED) is 0.689. The van der Waals surface area contributed by atoms with Gasteiger partial charge < -0.3 is 15.3 Å². The predicted octanol–water partition coefficient (Wildman–Crippen LogP) is 3.53. The first-order valence-corrected chi connectivity index (χ1v) is 8.34. The molecule has 1 aromatic carbocycles. The molecule has 26 heavy (non-hydrogen) atoms. The van der Waals surface area contributed by atoms with E-state index in [0.717, 1.165) is 5.39 Å². The van der Waals surface area contributed by atoms with Gasteiger partial charge in [-0.05, 0) is 31.4 Å². The zero-order valence-electron chi connectivity index (χ0n) is 14.8. The van der Waals surface area contributed by atoms with Crippen molar-refractivity contribution in [2.24, 2.45) is 11.8 Å². The average Bonchev–Trinajstić information content (AvgIpc) is 2.62. The number of carboxylic acids is 3. The first kappa shape index (κ1) is 21.1. The molecule has 140 valence electrons. The van der Waals surface area contributed by atoms with Crippen molar-refractivity contribution in [3.8, 4) is 0 Å². The number of hydrogen-bond acceptors (Lipinski definition) is 4. The largest absolute Gasteiger partial charge is 0.481 e. The molecule has 1 heterocycles. The van der Waals surface area contributed by atoms with E-state index in [1.807, 2.05) is 18.2 Å². The van der Waals surface area contributed by atoms with E-state index in [9.17, 15) is 14.4 Å². The van der Waals surface area contributed by atoms with E-state index in [-0.39, 0.29) is 12.1 Å². The van der Waals surface area contributed by atoms with Gasteiger partial charge in [0.15, 0.2) is 0 Å². The van der Waals surface area contributed by atoms with Crippen LogP contribution in [0.2, 0.25) is 0 Å². The summed E-state index contributed by atoms with van der Waals surface area (Å²) in [6.45, 7) is 3.51. The maximum atomic E-state index is 10.6. The van der Waals surface area contributed by atoms with Crippen molar-refractivity contribution >= 4 is 28.8 Å². The average molecular weight is 361 g/mol. The van der Waals surface area contributed by atoms with Gasteiger partial charge in [0, 0.05) is 5.39 Å². The summed E-state index contributed by atoms with van der Waals surface area (Å²) in [6.07, 6.45) is 1.20. The van der Waals surface area contributed by atoms with Gasteiger partial charge in [-0.3, -0.25) is 9.59 Å². The van der Waals surface area contributed by atoms with Gasteiger partial charge in [-0.2, -0.15) is 0 Å². The third-order valence-corrected chi connectivity index (χ3v) is 4.07. The van der Waals surface area contributed by atoms with Crippen LogP contribution in [0.25, 0.3) is 10.9 Å². The molecule has 1 aromatic heterocycles. The Hall–Kier alpha value is -2.96. The van der Waals surface area contributed by atoms with Gasteiger partial charge in [-0.15, -0.1) is 0 Å². The van der Waals surface area contributed by atoms with Crippen LogP contribution in [0.5, 0.6) is 0 Å². The van der Waals surface area contributed by atoms with Crippen molar-refractivity contribution in [2.45, 2.75) is 33.1 Å². The molecule has 0 fully saturated rings. The molecule has 0 aliphatic rings. The Bertz CT molecular complexity index is 753. The fourth-order valence-corrected chi connectivity index (χ4v) is 2.41. The molecule has 0 spiro atoms. The Labute approximate surface area is 151 Å². The van der Waals surface area contributed by atoms with Gasteiger partial charge in [0.2, 0.25) is 0 Å². The molecule has 2 aromatic rings. The van der Waals surface area contributed by atoms with Gasteiger partial charge in [-0.1, -0.05) is 38.1 Å². The third-order valence-electron chi connectivity index (χ3n) is 4.07. The number of aromatic carboxylic acids is 1. The Morgan fingerprint density at radius 1 is 0.885 bits per heavy atom. The number of nitrogens with zero attached hydrogens (tertiary/aromatic N) is 1. The van der Waals surface area contributed by atoms with E-state index in [1.54, 1.807) is 26.0 Å². The lowest BCUT2D eigenvalue weighted by atomic mass is 9.91. The Morgan fingerprint density at radius 2 is 1.42 bits per heavy atom. The Balaban J connectivity index is 0.000000260. The number of fused-ring (bicyclic) bond motifs is 1. The van der Waals surface area contributed by atoms with Crippen molar-refractivity contribution in [1.82, 2.24) is 4.98 Å². The standard InChI is InChI=1S/C10H7NO2.C9H16O4/c12-10(13)9-6-5-7-3-1-2-4-8(7)11-9;1-3-6(8(10)11)5-7(4-2)9(12)13/h1-6H,(H,12,13);6-7H,3-5H2,1-2H3,(H,10,11)(H,12,13). The summed E-state index contributed by atoms with van der Waals surface area (Å²) >= 11 is 0. The summed E-state index contributed by atoms with van der Waals surface area (Å²) in [5.41, 5.74) is 0.793. The SMILES string of the molecule is CCC(CC(CC)C(=O)O)C(=O)O.O=C(O)c1ccc2ccccc2n1. The van der Waals surface area contributed by atoms with Crippen LogP contribution >= 0.6 is 0 Å². The van der Waals surface area contributed by atoms with E-state index in [0.29, 0.717) is 18.4 Å². The third kappa shape index (κ3) is 6.16. The van der Waals surface area contributed by atoms with Crippen LogP contribution in [-0.4, -0.2) is 38.2 Å². The van der Waals surface area contributed by atoms with Gasteiger partial charge in [-0.25, -0.2) is 9.78 Å². The van der Waals surface area contributed by atoms with Crippen LogP contribution in [0, 0.1) is 11.8 Å². The second kappa shape index (κ2) is 10.1. The molecule has 0 saturated carbocycles. The molecule has 0 aliphatic carbocycles. The first-order chi connectivity index (χ1) is 12.3. The molecule has 7 nitrogen and oxygen atoms in total. The minimum Gasteiger partial charge on any atom is -0.481 e. The van der Waals surface area contributed by atoms with Crippen LogP contribution in [0.15, 0.2) is 36.4 Å². The Kier molecular flexibility index (Phi) is 8.21. The van der Waals surface area contributed by atoms with Crippen LogP contribution < -0.4 is 0 Å². The lowest BCUT2D eigenvalue weighted by Crippen LogP contribution is -2.21. The fraction of sp³-hybridized carbons (Fsp3) is 0.368. The van der Waals surface area contributed by atoms with Crippen molar-refractivity contribution < 1.29 is 29.7 Å². The number of hydrogen-bond donors (Lipinski definition) is 3. The maximum Gasteiger partial charge on any atom is 0.354 e. The topological polar surface area (TPSA) is 125 Å². The molecule has 3 N–H and O–H groups in total. The summed E-state index contributed by atoms with van der Waals surface area (Å²) in [4.78, 5) is 35.8. The molecule has 0 radical (unpaired) electrons. The van der Waals surface area contributed by atoms with E-state index < -0.39 is 29.7 Å². The fourth-order valence-electron chi connectivity index (χ4n) is 2.41. The Morgan fingerprint density at radius 3 is 1.88 bits per heavy atom. The van der Waals surface area contributed by atoms with E-state index in [2.05, 4.69) is 4.98 Å². The number of aliphatic carboxylic acids is 2. The van der Waals surface area contributed by atoms with Crippen molar-refractivity contribution in [3.63, 3.8) is 0 Å². The predicted molar refractivity (Wildman–Crippen MR) is 96.2 cm³/mol.